The largest absolute Gasteiger partial charge is 0.466 e. The first-order valence-electron chi connectivity index (χ1n) is 8.16. The van der Waals surface area contributed by atoms with E-state index < -0.39 is 0 Å². The van der Waals surface area contributed by atoms with Gasteiger partial charge in [-0.05, 0) is 39.5 Å². The molecule has 0 saturated carbocycles. The number of rotatable bonds is 7. The van der Waals surface area contributed by atoms with Crippen molar-refractivity contribution >= 4 is 11.9 Å². The maximum absolute atomic E-state index is 12.4. The van der Waals surface area contributed by atoms with Crippen LogP contribution in [0.3, 0.4) is 0 Å². The van der Waals surface area contributed by atoms with Crippen molar-refractivity contribution in [2.75, 3.05) is 19.7 Å². The Morgan fingerprint density at radius 2 is 2.05 bits per heavy atom. The zero-order chi connectivity index (χ0) is 15.8. The summed E-state index contributed by atoms with van der Waals surface area (Å²) in [5.41, 5.74) is 5.73. The molecule has 3 atom stereocenters. The van der Waals surface area contributed by atoms with Gasteiger partial charge >= 0.3 is 5.97 Å². The third-order valence-corrected chi connectivity index (χ3v) is 4.07. The molecule has 5 nitrogen and oxygen atoms in total. The molecule has 0 aliphatic carbocycles. The van der Waals surface area contributed by atoms with E-state index in [0.29, 0.717) is 13.2 Å². The summed E-state index contributed by atoms with van der Waals surface area (Å²) in [6, 6.07) is 0.190. The molecule has 0 radical (unpaired) electrons. The summed E-state index contributed by atoms with van der Waals surface area (Å²) in [6.07, 6.45) is 4.48. The van der Waals surface area contributed by atoms with E-state index in [1.807, 2.05) is 25.7 Å². The maximum atomic E-state index is 12.4. The van der Waals surface area contributed by atoms with Gasteiger partial charge in [0.2, 0.25) is 5.91 Å². The van der Waals surface area contributed by atoms with Crippen molar-refractivity contribution in [3.63, 3.8) is 0 Å². The van der Waals surface area contributed by atoms with Crippen LogP contribution in [-0.4, -0.2) is 42.5 Å². The van der Waals surface area contributed by atoms with E-state index in [1.54, 1.807) is 0 Å². The summed E-state index contributed by atoms with van der Waals surface area (Å²) < 4.78 is 5.07. The number of ether oxygens (including phenoxy) is 1. The first kappa shape index (κ1) is 18.0. The summed E-state index contributed by atoms with van der Waals surface area (Å²) in [4.78, 5) is 26.1. The van der Waals surface area contributed by atoms with Crippen LogP contribution in [0, 0.1) is 11.8 Å². The van der Waals surface area contributed by atoms with Crippen molar-refractivity contribution in [1.82, 2.24) is 4.90 Å². The lowest BCUT2D eigenvalue weighted by Gasteiger charge is -2.33. The number of piperidine rings is 1. The highest BCUT2D eigenvalue weighted by atomic mass is 16.5. The van der Waals surface area contributed by atoms with Gasteiger partial charge in [0.25, 0.3) is 0 Å². The minimum atomic E-state index is -0.167. The minimum absolute atomic E-state index is 0.00435. The highest BCUT2D eigenvalue weighted by Crippen LogP contribution is 2.21. The first-order chi connectivity index (χ1) is 9.95. The minimum Gasteiger partial charge on any atom is -0.466 e. The van der Waals surface area contributed by atoms with Crippen LogP contribution in [0.4, 0.5) is 0 Å². The van der Waals surface area contributed by atoms with E-state index in [-0.39, 0.29) is 29.8 Å². The number of esters is 1. The Labute approximate surface area is 128 Å². The lowest BCUT2D eigenvalue weighted by atomic mass is 9.95. The predicted octanol–water partition coefficient (Wildman–Crippen LogP) is 1.94. The molecule has 1 aliphatic heterocycles. The van der Waals surface area contributed by atoms with Gasteiger partial charge in [-0.3, -0.25) is 9.59 Å². The number of nitrogens with two attached hydrogens (primary N) is 1. The molecule has 0 aromatic carbocycles. The average Bonchev–Trinajstić information content (AvgIpc) is 2.46. The number of likely N-dealkylation sites (tertiary alicyclic amines) is 1. The van der Waals surface area contributed by atoms with Crippen LogP contribution in [0.1, 0.15) is 52.9 Å². The van der Waals surface area contributed by atoms with E-state index in [1.165, 1.54) is 0 Å². The fourth-order valence-corrected chi connectivity index (χ4v) is 2.81. The topological polar surface area (TPSA) is 72.6 Å². The predicted molar refractivity (Wildman–Crippen MR) is 82.6 cm³/mol. The van der Waals surface area contributed by atoms with Gasteiger partial charge in [0.15, 0.2) is 0 Å². The smallest absolute Gasteiger partial charge is 0.310 e. The normalized spacial score (nSPS) is 21.7. The van der Waals surface area contributed by atoms with Gasteiger partial charge in [0.05, 0.1) is 12.5 Å². The van der Waals surface area contributed by atoms with E-state index >= 15 is 0 Å². The second-order valence-corrected chi connectivity index (χ2v) is 6.18. The van der Waals surface area contributed by atoms with E-state index in [2.05, 4.69) is 0 Å². The molecule has 21 heavy (non-hydrogen) atoms. The van der Waals surface area contributed by atoms with Gasteiger partial charge in [-0.15, -0.1) is 0 Å². The molecular formula is C16H30N2O3. The lowest BCUT2D eigenvalue weighted by Crippen LogP contribution is -2.44. The molecule has 1 saturated heterocycles. The van der Waals surface area contributed by atoms with Gasteiger partial charge in [-0.2, -0.15) is 0 Å². The van der Waals surface area contributed by atoms with Gasteiger partial charge in [0, 0.05) is 25.0 Å². The van der Waals surface area contributed by atoms with Crippen LogP contribution in [0.15, 0.2) is 0 Å². The molecule has 0 spiro atoms. The molecule has 1 aliphatic rings. The first-order valence-corrected chi connectivity index (χ1v) is 8.16. The van der Waals surface area contributed by atoms with Crippen molar-refractivity contribution in [2.24, 2.45) is 17.6 Å². The van der Waals surface area contributed by atoms with Crippen LogP contribution >= 0.6 is 0 Å². The molecule has 1 amide bonds. The Kier molecular flexibility index (Phi) is 7.72. The standard InChI is InChI=1S/C16H30N2O3/c1-4-21-16(20)14-9-6-10-18(11-14)15(19)12(2)7-5-8-13(3)17/h12-14H,4-11,17H2,1-3H3. The highest BCUT2D eigenvalue weighted by Gasteiger charge is 2.30. The van der Waals surface area contributed by atoms with Crippen LogP contribution < -0.4 is 5.73 Å². The third kappa shape index (κ3) is 6.04. The second kappa shape index (κ2) is 9.03. The summed E-state index contributed by atoms with van der Waals surface area (Å²) in [6.45, 7) is 7.43. The zero-order valence-corrected chi connectivity index (χ0v) is 13.6. The number of nitrogens with zero attached hydrogens (tertiary/aromatic N) is 1. The fourth-order valence-electron chi connectivity index (χ4n) is 2.81. The van der Waals surface area contributed by atoms with Crippen molar-refractivity contribution in [3.8, 4) is 0 Å². The van der Waals surface area contributed by atoms with Crippen molar-refractivity contribution in [3.05, 3.63) is 0 Å². The Hall–Kier alpha value is -1.10. The number of amides is 1. The highest BCUT2D eigenvalue weighted by molar-refractivity contribution is 5.80. The molecule has 2 N–H and O–H groups in total. The molecule has 3 unspecified atom stereocenters. The van der Waals surface area contributed by atoms with Crippen LogP contribution in [0.5, 0.6) is 0 Å². The molecule has 1 heterocycles. The second-order valence-electron chi connectivity index (χ2n) is 6.18. The zero-order valence-electron chi connectivity index (χ0n) is 13.6. The molecule has 0 aromatic rings. The molecule has 122 valence electrons. The quantitative estimate of drug-likeness (QED) is 0.729. The number of hydrogen-bond acceptors (Lipinski definition) is 4. The Morgan fingerprint density at radius 1 is 1.33 bits per heavy atom. The Bertz CT molecular complexity index is 344. The summed E-state index contributed by atoms with van der Waals surface area (Å²) in [7, 11) is 0. The number of carbonyl (C=O) groups is 2. The molecule has 0 bridgehead atoms. The van der Waals surface area contributed by atoms with Crippen LogP contribution in [0.2, 0.25) is 0 Å². The van der Waals surface area contributed by atoms with E-state index in [0.717, 1.165) is 38.6 Å². The summed E-state index contributed by atoms with van der Waals surface area (Å²) in [5.74, 6) is -0.156. The average molecular weight is 298 g/mol. The Morgan fingerprint density at radius 3 is 2.67 bits per heavy atom. The van der Waals surface area contributed by atoms with Crippen LogP contribution in [-0.2, 0) is 14.3 Å². The third-order valence-electron chi connectivity index (χ3n) is 4.07. The van der Waals surface area contributed by atoms with Crippen LogP contribution in [0.25, 0.3) is 0 Å². The van der Waals surface area contributed by atoms with Crippen molar-refractivity contribution in [1.29, 1.82) is 0 Å². The van der Waals surface area contributed by atoms with Gasteiger partial charge in [0.1, 0.15) is 0 Å². The Balaban J connectivity index is 2.43. The summed E-state index contributed by atoms with van der Waals surface area (Å²) in [5, 5.41) is 0. The summed E-state index contributed by atoms with van der Waals surface area (Å²) >= 11 is 0. The van der Waals surface area contributed by atoms with E-state index in [4.69, 9.17) is 10.5 Å². The molecular weight excluding hydrogens is 268 g/mol. The molecule has 5 heteroatoms. The molecule has 1 fully saturated rings. The number of carbonyl (C=O) groups excluding carboxylic acids is 2. The maximum Gasteiger partial charge on any atom is 0.310 e. The molecule has 1 rings (SSSR count). The van der Waals surface area contributed by atoms with Gasteiger partial charge in [-0.25, -0.2) is 0 Å². The van der Waals surface area contributed by atoms with Gasteiger partial charge in [-0.1, -0.05) is 13.3 Å². The van der Waals surface area contributed by atoms with Gasteiger partial charge < -0.3 is 15.4 Å². The lowest BCUT2D eigenvalue weighted by molar-refractivity contribution is -0.151. The SMILES string of the molecule is CCOC(=O)C1CCCN(C(=O)C(C)CCCC(C)N)C1. The van der Waals surface area contributed by atoms with Crippen molar-refractivity contribution in [2.45, 2.75) is 58.9 Å². The van der Waals surface area contributed by atoms with E-state index in [9.17, 15) is 9.59 Å². The number of hydrogen-bond donors (Lipinski definition) is 1. The van der Waals surface area contributed by atoms with Crippen molar-refractivity contribution < 1.29 is 14.3 Å². The fraction of sp³-hybridized carbons (Fsp3) is 0.875. The monoisotopic (exact) mass is 298 g/mol. The molecule has 0 aromatic heterocycles.